The lowest BCUT2D eigenvalue weighted by Gasteiger charge is -2.16. The number of amides is 1. The zero-order valence-electron chi connectivity index (χ0n) is 11.2. The summed E-state index contributed by atoms with van der Waals surface area (Å²) in [5, 5.41) is 6.81. The highest BCUT2D eigenvalue weighted by Crippen LogP contribution is 2.18. The molecule has 0 radical (unpaired) electrons. The SMILES string of the molecule is O=C(Cn1cccn1)Nc1ccc(N2CCCC2)nc1. The average molecular weight is 271 g/mol. The highest BCUT2D eigenvalue weighted by molar-refractivity contribution is 5.90. The Hall–Kier alpha value is -2.37. The molecule has 1 amide bonds. The quantitative estimate of drug-likeness (QED) is 0.915. The molecule has 104 valence electrons. The molecule has 0 atom stereocenters. The van der Waals surface area contributed by atoms with Crippen LogP contribution in [0.15, 0.2) is 36.8 Å². The monoisotopic (exact) mass is 271 g/mol. The van der Waals surface area contributed by atoms with E-state index in [0.717, 1.165) is 18.9 Å². The van der Waals surface area contributed by atoms with E-state index in [1.165, 1.54) is 12.8 Å². The average Bonchev–Trinajstić information content (AvgIpc) is 3.12. The van der Waals surface area contributed by atoms with Gasteiger partial charge >= 0.3 is 0 Å². The Kier molecular flexibility index (Phi) is 3.62. The Morgan fingerprint density at radius 2 is 2.15 bits per heavy atom. The molecule has 20 heavy (non-hydrogen) atoms. The maximum Gasteiger partial charge on any atom is 0.246 e. The van der Waals surface area contributed by atoms with Crippen molar-refractivity contribution >= 4 is 17.4 Å². The fourth-order valence-electron chi connectivity index (χ4n) is 2.33. The smallest absolute Gasteiger partial charge is 0.246 e. The van der Waals surface area contributed by atoms with E-state index in [9.17, 15) is 4.79 Å². The van der Waals surface area contributed by atoms with Crippen molar-refractivity contribution in [2.75, 3.05) is 23.3 Å². The van der Waals surface area contributed by atoms with Gasteiger partial charge in [-0.2, -0.15) is 5.10 Å². The van der Waals surface area contributed by atoms with Crippen molar-refractivity contribution in [3.05, 3.63) is 36.8 Å². The predicted octanol–water partition coefficient (Wildman–Crippen LogP) is 1.52. The molecule has 0 aliphatic carbocycles. The number of anilines is 2. The molecule has 1 aliphatic heterocycles. The summed E-state index contributed by atoms with van der Waals surface area (Å²) in [7, 11) is 0. The van der Waals surface area contributed by atoms with E-state index in [0.29, 0.717) is 5.69 Å². The molecule has 6 heteroatoms. The molecule has 0 bridgehead atoms. The van der Waals surface area contributed by atoms with Gasteiger partial charge in [0.05, 0.1) is 11.9 Å². The van der Waals surface area contributed by atoms with Crippen molar-refractivity contribution in [3.8, 4) is 0 Å². The van der Waals surface area contributed by atoms with Gasteiger partial charge < -0.3 is 10.2 Å². The molecule has 6 nitrogen and oxygen atoms in total. The first-order valence-corrected chi connectivity index (χ1v) is 6.79. The van der Waals surface area contributed by atoms with Crippen LogP contribution in [0.3, 0.4) is 0 Å². The van der Waals surface area contributed by atoms with Gasteiger partial charge in [-0.25, -0.2) is 4.98 Å². The van der Waals surface area contributed by atoms with E-state index in [4.69, 9.17) is 0 Å². The summed E-state index contributed by atoms with van der Waals surface area (Å²) in [6.45, 7) is 2.34. The molecular weight excluding hydrogens is 254 g/mol. The van der Waals surface area contributed by atoms with Crippen LogP contribution in [0.2, 0.25) is 0 Å². The van der Waals surface area contributed by atoms with Gasteiger partial charge in [0.1, 0.15) is 12.4 Å². The van der Waals surface area contributed by atoms with Crippen LogP contribution >= 0.6 is 0 Å². The van der Waals surface area contributed by atoms with Crippen LogP contribution in [-0.4, -0.2) is 33.8 Å². The highest BCUT2D eigenvalue weighted by Gasteiger charge is 2.13. The molecular formula is C14H17N5O. The Labute approximate surface area is 117 Å². The maximum atomic E-state index is 11.8. The third-order valence-corrected chi connectivity index (χ3v) is 3.33. The molecule has 0 spiro atoms. The largest absolute Gasteiger partial charge is 0.357 e. The van der Waals surface area contributed by atoms with Crippen LogP contribution in [0.25, 0.3) is 0 Å². The number of carbonyl (C=O) groups excluding carboxylic acids is 1. The molecule has 0 aromatic carbocycles. The summed E-state index contributed by atoms with van der Waals surface area (Å²) >= 11 is 0. The van der Waals surface area contributed by atoms with E-state index in [2.05, 4.69) is 20.3 Å². The second-order valence-electron chi connectivity index (χ2n) is 4.85. The Morgan fingerprint density at radius 3 is 2.80 bits per heavy atom. The van der Waals surface area contributed by atoms with Crippen LogP contribution in [0, 0.1) is 0 Å². The van der Waals surface area contributed by atoms with Crippen molar-refractivity contribution < 1.29 is 4.79 Å². The Morgan fingerprint density at radius 1 is 1.30 bits per heavy atom. The van der Waals surface area contributed by atoms with Gasteiger partial charge in [0.2, 0.25) is 5.91 Å². The van der Waals surface area contributed by atoms with Crippen molar-refractivity contribution in [1.82, 2.24) is 14.8 Å². The van der Waals surface area contributed by atoms with Crippen LogP contribution in [0.4, 0.5) is 11.5 Å². The topological polar surface area (TPSA) is 63.1 Å². The Bertz CT molecular complexity index is 558. The van der Waals surface area contributed by atoms with Crippen LogP contribution in [0.5, 0.6) is 0 Å². The summed E-state index contributed by atoms with van der Waals surface area (Å²) in [5.74, 6) is 0.872. The van der Waals surface area contributed by atoms with E-state index >= 15 is 0 Å². The predicted molar refractivity (Wildman–Crippen MR) is 76.5 cm³/mol. The molecule has 3 rings (SSSR count). The second-order valence-corrected chi connectivity index (χ2v) is 4.85. The van der Waals surface area contributed by atoms with Crippen LogP contribution in [-0.2, 0) is 11.3 Å². The first-order chi connectivity index (χ1) is 9.81. The zero-order chi connectivity index (χ0) is 13.8. The summed E-state index contributed by atoms with van der Waals surface area (Å²) in [4.78, 5) is 18.5. The third-order valence-electron chi connectivity index (χ3n) is 3.33. The van der Waals surface area contributed by atoms with Gasteiger partial charge in [-0.3, -0.25) is 9.48 Å². The zero-order valence-corrected chi connectivity index (χ0v) is 11.2. The van der Waals surface area contributed by atoms with E-state index in [-0.39, 0.29) is 12.5 Å². The minimum absolute atomic E-state index is 0.107. The first-order valence-electron chi connectivity index (χ1n) is 6.79. The van der Waals surface area contributed by atoms with Gasteiger partial charge in [-0.05, 0) is 31.0 Å². The minimum Gasteiger partial charge on any atom is -0.357 e. The summed E-state index contributed by atoms with van der Waals surface area (Å²) in [6.07, 6.45) is 7.57. The molecule has 0 unspecified atom stereocenters. The summed E-state index contributed by atoms with van der Waals surface area (Å²) in [5.41, 5.74) is 0.713. The van der Waals surface area contributed by atoms with Gasteiger partial charge in [-0.15, -0.1) is 0 Å². The van der Waals surface area contributed by atoms with Gasteiger partial charge in [0.25, 0.3) is 0 Å². The van der Waals surface area contributed by atoms with Crippen molar-refractivity contribution in [2.45, 2.75) is 19.4 Å². The molecule has 0 saturated carbocycles. The van der Waals surface area contributed by atoms with Crippen molar-refractivity contribution in [2.24, 2.45) is 0 Å². The minimum atomic E-state index is -0.107. The Balaban J connectivity index is 1.58. The lowest BCUT2D eigenvalue weighted by molar-refractivity contribution is -0.116. The fourth-order valence-corrected chi connectivity index (χ4v) is 2.33. The number of aromatic nitrogens is 3. The van der Waals surface area contributed by atoms with Crippen molar-refractivity contribution in [3.63, 3.8) is 0 Å². The third kappa shape index (κ3) is 2.96. The molecule has 1 saturated heterocycles. The molecule has 1 fully saturated rings. The fraction of sp³-hybridized carbons (Fsp3) is 0.357. The number of pyridine rings is 1. The standard InChI is InChI=1S/C14H17N5O/c20-14(11-19-9-3-6-16-19)17-12-4-5-13(15-10-12)18-7-1-2-8-18/h3-6,9-10H,1-2,7-8,11H2,(H,17,20). The second kappa shape index (κ2) is 5.73. The first kappa shape index (κ1) is 12.7. The normalized spacial score (nSPS) is 14.5. The van der Waals surface area contributed by atoms with E-state index in [1.54, 1.807) is 29.3 Å². The molecule has 2 aromatic rings. The molecule has 3 heterocycles. The van der Waals surface area contributed by atoms with E-state index < -0.39 is 0 Å². The van der Waals surface area contributed by atoms with Crippen LogP contribution in [0.1, 0.15) is 12.8 Å². The number of hydrogen-bond acceptors (Lipinski definition) is 4. The molecule has 1 N–H and O–H groups in total. The highest BCUT2D eigenvalue weighted by atomic mass is 16.2. The summed E-state index contributed by atoms with van der Waals surface area (Å²) < 4.78 is 1.58. The number of nitrogens with one attached hydrogen (secondary N) is 1. The molecule has 2 aromatic heterocycles. The van der Waals surface area contributed by atoms with E-state index in [1.807, 2.05) is 12.1 Å². The summed E-state index contributed by atoms with van der Waals surface area (Å²) in [6, 6.07) is 5.64. The maximum absolute atomic E-state index is 11.8. The lowest BCUT2D eigenvalue weighted by Crippen LogP contribution is -2.20. The van der Waals surface area contributed by atoms with Gasteiger partial charge in [0.15, 0.2) is 0 Å². The van der Waals surface area contributed by atoms with Crippen LogP contribution < -0.4 is 10.2 Å². The number of nitrogens with zero attached hydrogens (tertiary/aromatic N) is 4. The van der Waals surface area contributed by atoms with Gasteiger partial charge in [-0.1, -0.05) is 0 Å². The lowest BCUT2D eigenvalue weighted by atomic mass is 10.3. The molecule has 1 aliphatic rings. The number of carbonyl (C=O) groups is 1. The number of hydrogen-bond donors (Lipinski definition) is 1. The van der Waals surface area contributed by atoms with Crippen molar-refractivity contribution in [1.29, 1.82) is 0 Å². The number of rotatable bonds is 4. The van der Waals surface area contributed by atoms with Gasteiger partial charge in [0, 0.05) is 25.5 Å².